The second-order valence-corrected chi connectivity index (χ2v) is 15.3. The Morgan fingerprint density at radius 3 is 2.02 bits per heavy atom. The third-order valence-corrected chi connectivity index (χ3v) is 10.9. The molecule has 1 aromatic rings. The first kappa shape index (κ1) is 32.4. The maximum Gasteiger partial charge on any atom is 0.306 e. The molecule has 1 amide bonds. The summed E-state index contributed by atoms with van der Waals surface area (Å²) in [5, 5.41) is 0. The van der Waals surface area contributed by atoms with Gasteiger partial charge in [0, 0.05) is 37.8 Å². The number of piperidine rings is 1. The molecule has 0 N–H and O–H groups in total. The molecule has 1 saturated heterocycles. The summed E-state index contributed by atoms with van der Waals surface area (Å²) >= 11 is 0. The summed E-state index contributed by atoms with van der Waals surface area (Å²) in [7, 11) is -3.62. The number of fused-ring (bicyclic) bond motifs is 3. The molecule has 5 rings (SSSR count). The van der Waals surface area contributed by atoms with Crippen LogP contribution in [-0.4, -0.2) is 62.2 Å². The van der Waals surface area contributed by atoms with Gasteiger partial charge in [0.2, 0.25) is 5.91 Å². The number of esters is 1. The molecule has 0 unspecified atom stereocenters. The normalized spacial score (nSPS) is 26.1. The molecule has 2 bridgehead atoms. The molecule has 7 nitrogen and oxygen atoms in total. The maximum atomic E-state index is 13.6. The molecule has 4 aliphatic rings. The molecule has 0 spiro atoms. The van der Waals surface area contributed by atoms with E-state index in [-0.39, 0.29) is 67.5 Å². The van der Waals surface area contributed by atoms with Gasteiger partial charge in [0.15, 0.2) is 9.84 Å². The number of ether oxygens (including phenoxy) is 2. The van der Waals surface area contributed by atoms with E-state index in [0.29, 0.717) is 50.6 Å². The van der Waals surface area contributed by atoms with Gasteiger partial charge in [-0.05, 0) is 101 Å². The van der Waals surface area contributed by atoms with Crippen molar-refractivity contribution in [3.05, 3.63) is 36.2 Å². The zero-order valence-corrected chi connectivity index (χ0v) is 25.5. The first-order valence-electron chi connectivity index (χ1n) is 14.7. The number of amides is 1. The summed E-state index contributed by atoms with van der Waals surface area (Å²) in [6.07, 6.45) is 3.55. The van der Waals surface area contributed by atoms with E-state index in [1.54, 1.807) is 25.7 Å². The lowest BCUT2D eigenvalue weighted by molar-refractivity contribution is -0.157. The van der Waals surface area contributed by atoms with Crippen molar-refractivity contribution in [2.45, 2.75) is 101 Å². The first-order chi connectivity index (χ1) is 19.6. The Kier molecular flexibility index (Phi) is 9.40. The molecule has 4 fully saturated rings. The molecule has 0 radical (unpaired) electrons. The molecule has 1 heterocycles. The Labute approximate surface area is 246 Å². The van der Waals surface area contributed by atoms with Gasteiger partial charge in [0.05, 0.1) is 17.0 Å². The zero-order valence-electron chi connectivity index (χ0n) is 24.7. The minimum atomic E-state index is -3.62. The number of sulfone groups is 1. The fourth-order valence-corrected chi connectivity index (χ4v) is 8.35. The average Bonchev–Trinajstić information content (AvgIpc) is 2.92. The van der Waals surface area contributed by atoms with Gasteiger partial charge in [-0.2, -0.15) is 0 Å². The monoisotopic (exact) mass is 613 g/mol. The highest BCUT2D eigenvalue weighted by molar-refractivity contribution is 7.91. The fraction of sp³-hybridized carbons (Fsp3) is 0.677. The quantitative estimate of drug-likeness (QED) is 0.283. The molecular formula is C31H42F3NO6S. The second-order valence-electron chi connectivity index (χ2n) is 13.3. The van der Waals surface area contributed by atoms with E-state index in [0.717, 1.165) is 0 Å². The Bertz CT molecular complexity index is 1250. The lowest BCUT2D eigenvalue weighted by atomic mass is 9.54. The maximum absolute atomic E-state index is 13.6. The Balaban J connectivity index is 1.28. The highest BCUT2D eigenvalue weighted by atomic mass is 32.2. The van der Waals surface area contributed by atoms with E-state index in [9.17, 15) is 31.2 Å². The highest BCUT2D eigenvalue weighted by Gasteiger charge is 2.55. The van der Waals surface area contributed by atoms with Crippen LogP contribution >= 0.6 is 0 Å². The largest absolute Gasteiger partial charge is 0.489 e. The number of hydrogen-bond acceptors (Lipinski definition) is 6. The summed E-state index contributed by atoms with van der Waals surface area (Å²) < 4.78 is 78.1. The van der Waals surface area contributed by atoms with Crippen LogP contribution in [0.15, 0.2) is 41.1 Å². The van der Waals surface area contributed by atoms with Crippen LogP contribution in [0.2, 0.25) is 0 Å². The van der Waals surface area contributed by atoms with Crippen molar-refractivity contribution in [1.29, 1.82) is 0 Å². The predicted molar refractivity (Wildman–Crippen MR) is 152 cm³/mol. The minimum absolute atomic E-state index is 0.0141. The average molecular weight is 614 g/mol. The molecule has 0 aromatic heterocycles. The van der Waals surface area contributed by atoms with Gasteiger partial charge in [0.1, 0.15) is 18.0 Å². The smallest absolute Gasteiger partial charge is 0.306 e. The number of carbonyl (C=O) groups is 2. The fourth-order valence-electron chi connectivity index (χ4n) is 6.39. The number of hydrogen-bond donors (Lipinski definition) is 0. The summed E-state index contributed by atoms with van der Waals surface area (Å²) in [6.45, 7) is 5.33. The molecule has 234 valence electrons. The highest BCUT2D eigenvalue weighted by Crippen LogP contribution is 2.58. The van der Waals surface area contributed by atoms with Crippen molar-refractivity contribution >= 4 is 21.7 Å². The zero-order chi connectivity index (χ0) is 30.8. The molecule has 3 aliphatic carbocycles. The summed E-state index contributed by atoms with van der Waals surface area (Å²) in [5.41, 5.74) is -1.31. The topological polar surface area (TPSA) is 90.0 Å². The number of nitrogens with zero attached hydrogens (tertiary/aromatic N) is 1. The summed E-state index contributed by atoms with van der Waals surface area (Å²) in [5.74, 6) is -2.82. The van der Waals surface area contributed by atoms with Crippen molar-refractivity contribution in [2.24, 2.45) is 10.8 Å². The van der Waals surface area contributed by atoms with Gasteiger partial charge >= 0.3 is 5.97 Å². The number of carbonyl (C=O) groups excluding carboxylic acids is 2. The van der Waals surface area contributed by atoms with Crippen molar-refractivity contribution in [2.75, 3.05) is 25.4 Å². The molecule has 42 heavy (non-hydrogen) atoms. The van der Waals surface area contributed by atoms with Gasteiger partial charge in [-0.1, -0.05) is 0 Å². The van der Waals surface area contributed by atoms with Crippen LogP contribution in [0.3, 0.4) is 0 Å². The van der Waals surface area contributed by atoms with Gasteiger partial charge in [0.25, 0.3) is 5.92 Å². The van der Waals surface area contributed by atoms with Crippen LogP contribution in [0.1, 0.15) is 85.0 Å². The van der Waals surface area contributed by atoms with Crippen LogP contribution in [-0.2, 0) is 24.2 Å². The molecule has 3 saturated carbocycles. The number of halogens is 3. The van der Waals surface area contributed by atoms with Crippen LogP contribution in [0, 0.1) is 10.8 Å². The number of likely N-dealkylation sites (tertiary alicyclic amines) is 1. The SMILES string of the molecule is CC(C)(C)OC(=O)CC/C(=C\F)COc1ccc(S(=O)(=O)CC23CCC(C(=O)N4CCC(F)(F)CC4)(CC2)CC3)cc1. The number of rotatable bonds is 10. The molecule has 0 atom stereocenters. The van der Waals surface area contributed by atoms with Crippen LogP contribution < -0.4 is 4.74 Å². The Morgan fingerprint density at radius 1 is 0.929 bits per heavy atom. The molecule has 1 aliphatic heterocycles. The molecular weight excluding hydrogens is 571 g/mol. The van der Waals surface area contributed by atoms with E-state index < -0.39 is 38.2 Å². The third kappa shape index (κ3) is 7.88. The van der Waals surface area contributed by atoms with Crippen molar-refractivity contribution in [3.63, 3.8) is 0 Å². The van der Waals surface area contributed by atoms with E-state index in [2.05, 4.69) is 0 Å². The number of alkyl halides is 2. The minimum Gasteiger partial charge on any atom is -0.489 e. The van der Waals surface area contributed by atoms with Gasteiger partial charge in [-0.3, -0.25) is 9.59 Å². The van der Waals surface area contributed by atoms with Crippen molar-refractivity contribution in [1.82, 2.24) is 4.90 Å². The van der Waals surface area contributed by atoms with E-state index in [1.807, 2.05) is 0 Å². The van der Waals surface area contributed by atoms with Gasteiger partial charge in [-0.25, -0.2) is 21.6 Å². The summed E-state index contributed by atoms with van der Waals surface area (Å²) in [4.78, 5) is 27.0. The second kappa shape index (κ2) is 12.2. The first-order valence-corrected chi connectivity index (χ1v) is 16.3. The lowest BCUT2D eigenvalue weighted by Crippen LogP contribution is -2.55. The molecule has 11 heteroatoms. The van der Waals surface area contributed by atoms with E-state index in [4.69, 9.17) is 9.47 Å². The lowest BCUT2D eigenvalue weighted by Gasteiger charge is -2.53. The predicted octanol–water partition coefficient (Wildman–Crippen LogP) is 6.41. The summed E-state index contributed by atoms with van der Waals surface area (Å²) in [6, 6.07) is 6.02. The van der Waals surface area contributed by atoms with Crippen molar-refractivity contribution in [3.8, 4) is 5.75 Å². The standard InChI is InChI=1S/C31H42F3NO6S/c1-28(2,3)41-26(36)9-4-23(20-32)21-40-24-5-7-25(8-6-24)42(38,39)22-29-10-13-30(14-11-29,15-12-29)27(37)35-18-16-31(33,34)17-19-35/h5-8,20H,4,9-19,21-22H2,1-3H3/b23-20+. The number of benzene rings is 1. The Hall–Kier alpha value is -2.56. The van der Waals surface area contributed by atoms with Crippen LogP contribution in [0.5, 0.6) is 5.75 Å². The molecule has 1 aromatic carbocycles. The van der Waals surface area contributed by atoms with Crippen LogP contribution in [0.25, 0.3) is 0 Å². The third-order valence-electron chi connectivity index (χ3n) is 8.97. The Morgan fingerprint density at radius 2 is 1.50 bits per heavy atom. The van der Waals surface area contributed by atoms with E-state index in [1.165, 1.54) is 24.3 Å². The van der Waals surface area contributed by atoms with Crippen molar-refractivity contribution < 1.29 is 40.7 Å². The van der Waals surface area contributed by atoms with Crippen LogP contribution in [0.4, 0.5) is 13.2 Å². The van der Waals surface area contributed by atoms with E-state index >= 15 is 0 Å². The van der Waals surface area contributed by atoms with Gasteiger partial charge in [-0.15, -0.1) is 0 Å². The van der Waals surface area contributed by atoms with Gasteiger partial charge < -0.3 is 14.4 Å².